The molecule has 16 heavy (non-hydrogen) atoms. The van der Waals surface area contributed by atoms with Crippen molar-refractivity contribution in [2.75, 3.05) is 33.2 Å². The van der Waals surface area contributed by atoms with Gasteiger partial charge in [0.2, 0.25) is 0 Å². The van der Waals surface area contributed by atoms with Gasteiger partial charge in [-0.15, -0.1) is 0 Å². The lowest BCUT2D eigenvalue weighted by Gasteiger charge is -2.36. The summed E-state index contributed by atoms with van der Waals surface area (Å²) in [6.45, 7) is 6.29. The zero-order valence-electron chi connectivity index (χ0n) is 10.6. The molecule has 0 radical (unpaired) electrons. The largest absolute Gasteiger partial charge is 0.306 e. The Kier molecular flexibility index (Phi) is 3.98. The van der Waals surface area contributed by atoms with Crippen LogP contribution in [0.15, 0.2) is 0 Å². The summed E-state index contributed by atoms with van der Waals surface area (Å²) in [5.74, 6) is 0.947. The van der Waals surface area contributed by atoms with Gasteiger partial charge in [-0.2, -0.15) is 0 Å². The first-order valence-electron chi connectivity index (χ1n) is 6.61. The Hall–Kier alpha value is -0.410. The number of ketones is 1. The fraction of sp³-hybridized carbons (Fsp3) is 0.923. The number of Topliss-reactive ketones (excluding diaryl/α,β-unsaturated/α-hetero) is 1. The highest BCUT2D eigenvalue weighted by atomic mass is 16.1. The van der Waals surface area contributed by atoms with Crippen LogP contribution in [0.25, 0.3) is 0 Å². The molecule has 0 saturated carbocycles. The number of hydrogen-bond acceptors (Lipinski definition) is 3. The topological polar surface area (TPSA) is 23.6 Å². The van der Waals surface area contributed by atoms with Gasteiger partial charge in [0.15, 0.2) is 0 Å². The highest BCUT2D eigenvalue weighted by Gasteiger charge is 2.35. The summed E-state index contributed by atoms with van der Waals surface area (Å²) < 4.78 is 0. The average molecular weight is 224 g/mol. The summed E-state index contributed by atoms with van der Waals surface area (Å²) in [6.07, 6.45) is 5.07. The highest BCUT2D eigenvalue weighted by molar-refractivity contribution is 5.81. The van der Waals surface area contributed by atoms with E-state index in [1.807, 2.05) is 0 Å². The number of likely N-dealkylation sites (tertiary alicyclic amines) is 2. The molecular formula is C13H24N2O. The first kappa shape index (κ1) is 12.1. The van der Waals surface area contributed by atoms with E-state index in [1.165, 1.54) is 25.7 Å². The Bertz CT molecular complexity index is 244. The van der Waals surface area contributed by atoms with Crippen LogP contribution in [0.1, 0.15) is 32.6 Å². The molecule has 0 bridgehead atoms. The van der Waals surface area contributed by atoms with E-state index in [0.29, 0.717) is 11.7 Å². The molecule has 0 aliphatic carbocycles. The minimum atomic E-state index is 0.199. The van der Waals surface area contributed by atoms with Crippen molar-refractivity contribution in [2.24, 2.45) is 5.92 Å². The Labute approximate surface area is 98.8 Å². The average Bonchev–Trinajstić information content (AvgIpc) is 2.66. The minimum absolute atomic E-state index is 0.199. The standard InChI is InChI=1S/C13H24N2O/c1-11(16)13(12-6-9-14(2)10-12)15-7-4-3-5-8-15/h12-13H,3-10H2,1-2H3. The van der Waals surface area contributed by atoms with Crippen LogP contribution in [0.4, 0.5) is 0 Å². The van der Waals surface area contributed by atoms with Gasteiger partial charge in [-0.1, -0.05) is 6.42 Å². The van der Waals surface area contributed by atoms with E-state index < -0.39 is 0 Å². The summed E-state index contributed by atoms with van der Waals surface area (Å²) >= 11 is 0. The normalized spacial score (nSPS) is 30.5. The van der Waals surface area contributed by atoms with Crippen molar-refractivity contribution in [1.82, 2.24) is 9.80 Å². The van der Waals surface area contributed by atoms with Crippen LogP contribution >= 0.6 is 0 Å². The molecule has 2 saturated heterocycles. The molecule has 0 N–H and O–H groups in total. The van der Waals surface area contributed by atoms with Crippen molar-refractivity contribution in [3.05, 3.63) is 0 Å². The molecule has 92 valence electrons. The molecule has 0 aromatic rings. The van der Waals surface area contributed by atoms with Gasteiger partial charge in [0.05, 0.1) is 6.04 Å². The third-order valence-corrected chi connectivity index (χ3v) is 4.07. The summed E-state index contributed by atoms with van der Waals surface area (Å²) in [6, 6.07) is 0.199. The van der Waals surface area contributed by atoms with Crippen LogP contribution in [0.2, 0.25) is 0 Å². The Morgan fingerprint density at radius 3 is 2.38 bits per heavy atom. The Morgan fingerprint density at radius 2 is 1.88 bits per heavy atom. The highest BCUT2D eigenvalue weighted by Crippen LogP contribution is 2.25. The Balaban J connectivity index is 2.01. The van der Waals surface area contributed by atoms with Crippen LogP contribution < -0.4 is 0 Å². The third-order valence-electron chi connectivity index (χ3n) is 4.07. The fourth-order valence-electron chi connectivity index (χ4n) is 3.31. The molecule has 0 spiro atoms. The lowest BCUT2D eigenvalue weighted by Crippen LogP contribution is -2.48. The van der Waals surface area contributed by atoms with Crippen molar-refractivity contribution in [2.45, 2.75) is 38.6 Å². The van der Waals surface area contributed by atoms with Gasteiger partial charge in [-0.05, 0) is 58.8 Å². The molecule has 0 aromatic carbocycles. The SMILES string of the molecule is CC(=O)C(C1CCN(C)C1)N1CCCCC1. The summed E-state index contributed by atoms with van der Waals surface area (Å²) in [4.78, 5) is 16.7. The summed E-state index contributed by atoms with van der Waals surface area (Å²) in [5.41, 5.74) is 0. The molecule has 0 aromatic heterocycles. The van der Waals surface area contributed by atoms with Crippen molar-refractivity contribution in [3.63, 3.8) is 0 Å². The number of piperidine rings is 1. The second-order valence-electron chi connectivity index (χ2n) is 5.46. The van der Waals surface area contributed by atoms with Crippen molar-refractivity contribution in [3.8, 4) is 0 Å². The molecular weight excluding hydrogens is 200 g/mol. The van der Waals surface area contributed by atoms with E-state index in [2.05, 4.69) is 16.8 Å². The van der Waals surface area contributed by atoms with Gasteiger partial charge in [0.25, 0.3) is 0 Å². The van der Waals surface area contributed by atoms with E-state index in [4.69, 9.17) is 0 Å². The lowest BCUT2D eigenvalue weighted by atomic mass is 9.92. The monoisotopic (exact) mass is 224 g/mol. The van der Waals surface area contributed by atoms with E-state index in [-0.39, 0.29) is 6.04 Å². The lowest BCUT2D eigenvalue weighted by molar-refractivity contribution is -0.124. The molecule has 2 rings (SSSR count). The summed E-state index contributed by atoms with van der Waals surface area (Å²) in [5, 5.41) is 0. The molecule has 3 heteroatoms. The minimum Gasteiger partial charge on any atom is -0.306 e. The smallest absolute Gasteiger partial charge is 0.147 e. The van der Waals surface area contributed by atoms with E-state index >= 15 is 0 Å². The molecule has 0 amide bonds. The Morgan fingerprint density at radius 1 is 1.19 bits per heavy atom. The molecule has 2 unspecified atom stereocenters. The van der Waals surface area contributed by atoms with Crippen LogP contribution in [-0.4, -0.2) is 54.9 Å². The van der Waals surface area contributed by atoms with E-state index in [0.717, 1.165) is 26.2 Å². The van der Waals surface area contributed by atoms with Gasteiger partial charge >= 0.3 is 0 Å². The van der Waals surface area contributed by atoms with Gasteiger partial charge in [0, 0.05) is 6.54 Å². The number of rotatable bonds is 3. The number of carbonyl (C=O) groups is 1. The molecule has 2 aliphatic heterocycles. The van der Waals surface area contributed by atoms with E-state index in [1.54, 1.807) is 6.92 Å². The first-order valence-corrected chi connectivity index (χ1v) is 6.61. The maximum Gasteiger partial charge on any atom is 0.147 e. The predicted molar refractivity (Wildman–Crippen MR) is 65.5 cm³/mol. The third kappa shape index (κ3) is 2.64. The van der Waals surface area contributed by atoms with Gasteiger partial charge in [-0.25, -0.2) is 0 Å². The first-order chi connectivity index (χ1) is 7.68. The number of hydrogen-bond donors (Lipinski definition) is 0. The quantitative estimate of drug-likeness (QED) is 0.723. The second-order valence-corrected chi connectivity index (χ2v) is 5.46. The van der Waals surface area contributed by atoms with Crippen LogP contribution in [0.3, 0.4) is 0 Å². The maximum atomic E-state index is 11.9. The van der Waals surface area contributed by atoms with E-state index in [9.17, 15) is 4.79 Å². The van der Waals surface area contributed by atoms with Crippen molar-refractivity contribution < 1.29 is 4.79 Å². The van der Waals surface area contributed by atoms with Gasteiger partial charge in [0.1, 0.15) is 5.78 Å². The van der Waals surface area contributed by atoms with Crippen LogP contribution in [0.5, 0.6) is 0 Å². The molecule has 2 fully saturated rings. The molecule has 2 heterocycles. The fourth-order valence-corrected chi connectivity index (χ4v) is 3.31. The van der Waals surface area contributed by atoms with Crippen molar-refractivity contribution in [1.29, 1.82) is 0 Å². The van der Waals surface area contributed by atoms with Gasteiger partial charge in [-0.3, -0.25) is 9.69 Å². The molecule has 2 aliphatic rings. The number of nitrogens with zero attached hydrogens (tertiary/aromatic N) is 2. The summed E-state index contributed by atoms with van der Waals surface area (Å²) in [7, 11) is 2.16. The predicted octanol–water partition coefficient (Wildman–Crippen LogP) is 1.38. The van der Waals surface area contributed by atoms with Crippen LogP contribution in [0, 0.1) is 5.92 Å². The zero-order valence-corrected chi connectivity index (χ0v) is 10.6. The van der Waals surface area contributed by atoms with Crippen molar-refractivity contribution >= 4 is 5.78 Å². The van der Waals surface area contributed by atoms with Crippen LogP contribution in [-0.2, 0) is 4.79 Å². The second kappa shape index (κ2) is 5.28. The zero-order chi connectivity index (χ0) is 11.5. The number of carbonyl (C=O) groups excluding carboxylic acids is 1. The molecule has 2 atom stereocenters. The molecule has 3 nitrogen and oxygen atoms in total. The van der Waals surface area contributed by atoms with Gasteiger partial charge < -0.3 is 4.90 Å². The maximum absolute atomic E-state index is 11.9.